The Balaban J connectivity index is 1.79. The number of anilines is 1. The van der Waals surface area contributed by atoms with E-state index in [0.29, 0.717) is 0 Å². The van der Waals surface area contributed by atoms with Crippen LogP contribution in [0.5, 0.6) is 5.75 Å². The summed E-state index contributed by atoms with van der Waals surface area (Å²) in [7, 11) is 1.67. The van der Waals surface area contributed by atoms with Crippen LogP contribution in [0.15, 0.2) is 48.5 Å². The summed E-state index contributed by atoms with van der Waals surface area (Å²) >= 11 is 0. The summed E-state index contributed by atoms with van der Waals surface area (Å²) in [4.78, 5) is 2.38. The second-order valence-electron chi connectivity index (χ2n) is 6.63. The van der Waals surface area contributed by atoms with Crippen molar-refractivity contribution in [3.8, 4) is 18.1 Å². The zero-order chi connectivity index (χ0) is 17.8. The Morgan fingerprint density at radius 1 is 1.00 bits per heavy atom. The fourth-order valence-electron chi connectivity index (χ4n) is 3.45. The Bertz CT molecular complexity index is 720. The summed E-state index contributed by atoms with van der Waals surface area (Å²) in [5.74, 6) is 3.70. The first-order valence-corrected chi connectivity index (χ1v) is 8.71. The lowest BCUT2D eigenvalue weighted by Crippen LogP contribution is -2.45. The number of benzene rings is 2. The van der Waals surface area contributed by atoms with Crippen LogP contribution in [-0.4, -0.2) is 32.4 Å². The van der Waals surface area contributed by atoms with E-state index >= 15 is 0 Å². The SMILES string of the molecule is C#CC(c1ccc(OC)cc1)c1ccc(N2C[C@@H](C)O[C@@H](C)C2)cc1. The van der Waals surface area contributed by atoms with Gasteiger partial charge >= 0.3 is 0 Å². The second kappa shape index (κ2) is 7.63. The number of methoxy groups -OCH3 is 1. The van der Waals surface area contributed by atoms with Crippen LogP contribution in [0.4, 0.5) is 5.69 Å². The van der Waals surface area contributed by atoms with E-state index in [1.54, 1.807) is 7.11 Å². The van der Waals surface area contributed by atoms with E-state index in [2.05, 4.69) is 48.9 Å². The van der Waals surface area contributed by atoms with Crippen LogP contribution in [0.2, 0.25) is 0 Å². The van der Waals surface area contributed by atoms with Gasteiger partial charge in [-0.1, -0.05) is 30.2 Å². The molecule has 2 aromatic carbocycles. The smallest absolute Gasteiger partial charge is 0.118 e. The average molecular weight is 335 g/mol. The van der Waals surface area contributed by atoms with Crippen molar-refractivity contribution in [1.29, 1.82) is 0 Å². The van der Waals surface area contributed by atoms with Gasteiger partial charge in [0.25, 0.3) is 0 Å². The molecule has 0 aliphatic carbocycles. The first-order valence-electron chi connectivity index (χ1n) is 8.71. The van der Waals surface area contributed by atoms with E-state index in [0.717, 1.165) is 30.0 Å². The van der Waals surface area contributed by atoms with Crippen LogP contribution < -0.4 is 9.64 Å². The van der Waals surface area contributed by atoms with Gasteiger partial charge in [0.1, 0.15) is 5.75 Å². The number of nitrogens with zero attached hydrogens (tertiary/aromatic N) is 1. The molecule has 0 aromatic heterocycles. The maximum absolute atomic E-state index is 5.82. The summed E-state index contributed by atoms with van der Waals surface area (Å²) in [5.41, 5.74) is 3.45. The lowest BCUT2D eigenvalue weighted by atomic mass is 9.92. The van der Waals surface area contributed by atoms with Gasteiger partial charge in [-0.3, -0.25) is 0 Å². The van der Waals surface area contributed by atoms with Gasteiger partial charge in [0.2, 0.25) is 0 Å². The number of morpholine rings is 1. The van der Waals surface area contributed by atoms with Crippen molar-refractivity contribution < 1.29 is 9.47 Å². The molecular formula is C22H25NO2. The highest BCUT2D eigenvalue weighted by atomic mass is 16.5. The maximum atomic E-state index is 5.82. The maximum Gasteiger partial charge on any atom is 0.118 e. The lowest BCUT2D eigenvalue weighted by Gasteiger charge is -2.37. The normalized spacial score (nSPS) is 21.4. The molecule has 1 aliphatic heterocycles. The molecule has 1 unspecified atom stereocenters. The highest BCUT2D eigenvalue weighted by Crippen LogP contribution is 2.28. The minimum atomic E-state index is -0.0532. The first-order chi connectivity index (χ1) is 12.1. The topological polar surface area (TPSA) is 21.7 Å². The molecule has 1 heterocycles. The molecule has 0 bridgehead atoms. The van der Waals surface area contributed by atoms with Gasteiger partial charge in [-0.05, 0) is 49.2 Å². The van der Waals surface area contributed by atoms with Gasteiger partial charge < -0.3 is 14.4 Å². The Hall–Kier alpha value is -2.44. The van der Waals surface area contributed by atoms with Crippen molar-refractivity contribution in [1.82, 2.24) is 0 Å². The van der Waals surface area contributed by atoms with Crippen LogP contribution in [0.25, 0.3) is 0 Å². The van der Waals surface area contributed by atoms with E-state index in [4.69, 9.17) is 15.9 Å². The first kappa shape index (κ1) is 17.4. The minimum absolute atomic E-state index is 0.0532. The largest absolute Gasteiger partial charge is 0.497 e. The Morgan fingerprint density at radius 3 is 2.00 bits per heavy atom. The summed E-state index contributed by atoms with van der Waals surface area (Å²) in [6, 6.07) is 16.5. The number of ether oxygens (including phenoxy) is 2. The van der Waals surface area contributed by atoms with Crippen molar-refractivity contribution >= 4 is 5.69 Å². The number of rotatable bonds is 4. The predicted molar refractivity (Wildman–Crippen MR) is 102 cm³/mol. The summed E-state index contributed by atoms with van der Waals surface area (Å²) in [5, 5.41) is 0. The average Bonchev–Trinajstić information content (AvgIpc) is 2.63. The van der Waals surface area contributed by atoms with E-state index in [-0.39, 0.29) is 18.1 Å². The summed E-state index contributed by atoms with van der Waals surface area (Å²) < 4.78 is 11.0. The molecule has 0 spiro atoms. The van der Waals surface area contributed by atoms with Gasteiger partial charge in [0.15, 0.2) is 0 Å². The van der Waals surface area contributed by atoms with E-state index in [9.17, 15) is 0 Å². The molecule has 130 valence electrons. The number of hydrogen-bond acceptors (Lipinski definition) is 3. The van der Waals surface area contributed by atoms with Crippen molar-refractivity contribution in [2.45, 2.75) is 32.0 Å². The molecule has 0 N–H and O–H groups in total. The quantitative estimate of drug-likeness (QED) is 0.786. The molecule has 3 heteroatoms. The Morgan fingerprint density at radius 2 is 1.52 bits per heavy atom. The third kappa shape index (κ3) is 3.97. The Kier molecular flexibility index (Phi) is 5.31. The van der Waals surface area contributed by atoms with Gasteiger partial charge in [0.05, 0.1) is 25.2 Å². The van der Waals surface area contributed by atoms with Gasteiger partial charge in [-0.25, -0.2) is 0 Å². The highest BCUT2D eigenvalue weighted by Gasteiger charge is 2.22. The van der Waals surface area contributed by atoms with Gasteiger partial charge in [-0.15, -0.1) is 6.42 Å². The van der Waals surface area contributed by atoms with Crippen LogP contribution in [0.3, 0.4) is 0 Å². The summed E-state index contributed by atoms with van der Waals surface area (Å²) in [6.45, 7) is 6.08. The monoisotopic (exact) mass is 335 g/mol. The van der Waals surface area contributed by atoms with Crippen molar-refractivity contribution in [3.05, 3.63) is 59.7 Å². The molecular weight excluding hydrogens is 310 g/mol. The molecule has 1 fully saturated rings. The molecule has 3 rings (SSSR count). The zero-order valence-electron chi connectivity index (χ0n) is 15.1. The van der Waals surface area contributed by atoms with E-state index < -0.39 is 0 Å². The second-order valence-corrected chi connectivity index (χ2v) is 6.63. The fourth-order valence-corrected chi connectivity index (χ4v) is 3.45. The number of hydrogen-bond donors (Lipinski definition) is 0. The number of terminal acetylenes is 1. The summed E-state index contributed by atoms with van der Waals surface area (Å²) in [6.07, 6.45) is 6.32. The zero-order valence-corrected chi connectivity index (χ0v) is 15.1. The lowest BCUT2D eigenvalue weighted by molar-refractivity contribution is -0.00521. The van der Waals surface area contributed by atoms with Crippen LogP contribution >= 0.6 is 0 Å². The van der Waals surface area contributed by atoms with E-state index in [1.165, 1.54) is 5.69 Å². The van der Waals surface area contributed by atoms with Gasteiger partial charge in [0, 0.05) is 18.8 Å². The van der Waals surface area contributed by atoms with Crippen molar-refractivity contribution in [3.63, 3.8) is 0 Å². The van der Waals surface area contributed by atoms with Crippen molar-refractivity contribution in [2.75, 3.05) is 25.1 Å². The molecule has 3 nitrogen and oxygen atoms in total. The van der Waals surface area contributed by atoms with Crippen LogP contribution in [0, 0.1) is 12.3 Å². The molecule has 2 aromatic rings. The third-order valence-corrected chi connectivity index (χ3v) is 4.63. The minimum Gasteiger partial charge on any atom is -0.497 e. The molecule has 0 saturated carbocycles. The molecule has 1 saturated heterocycles. The van der Waals surface area contributed by atoms with Crippen molar-refractivity contribution in [2.24, 2.45) is 0 Å². The highest BCUT2D eigenvalue weighted by molar-refractivity contribution is 5.51. The van der Waals surface area contributed by atoms with E-state index in [1.807, 2.05) is 24.3 Å². The molecule has 1 aliphatic rings. The van der Waals surface area contributed by atoms with Crippen LogP contribution in [-0.2, 0) is 4.74 Å². The predicted octanol–water partition coefficient (Wildman–Crippen LogP) is 4.07. The molecule has 3 atom stereocenters. The Labute approximate surface area is 150 Å². The molecule has 0 radical (unpaired) electrons. The molecule has 25 heavy (non-hydrogen) atoms. The third-order valence-electron chi connectivity index (χ3n) is 4.63. The molecule has 0 amide bonds. The van der Waals surface area contributed by atoms with Crippen LogP contribution in [0.1, 0.15) is 30.9 Å². The fraction of sp³-hybridized carbons (Fsp3) is 0.364. The van der Waals surface area contributed by atoms with Gasteiger partial charge in [-0.2, -0.15) is 0 Å². The standard InChI is InChI=1S/C22H25NO2/c1-5-22(19-8-12-21(24-4)13-9-19)18-6-10-20(11-7-18)23-14-16(2)25-17(3)15-23/h1,6-13,16-17,22H,14-15H2,2-4H3/t16-,17+,22?.